The molecular weight excluding hydrogens is 246 g/mol. The van der Waals surface area contributed by atoms with Gasteiger partial charge in [-0.2, -0.15) is 0 Å². The number of carbonyl (C=O) groups is 1. The van der Waals surface area contributed by atoms with Gasteiger partial charge in [0.2, 0.25) is 5.91 Å². The fourth-order valence-electron chi connectivity index (χ4n) is 1.38. The van der Waals surface area contributed by atoms with Crippen molar-refractivity contribution in [1.82, 2.24) is 10.3 Å². The van der Waals surface area contributed by atoms with Crippen LogP contribution in [0.25, 0.3) is 0 Å². The molecule has 1 amide bonds. The van der Waals surface area contributed by atoms with Crippen molar-refractivity contribution in [3.8, 4) is 0 Å². The Bertz CT molecular complexity index is 401. The highest BCUT2D eigenvalue weighted by Gasteiger charge is 2.26. The zero-order valence-electron chi connectivity index (χ0n) is 11.8. The molecule has 1 rings (SSSR count). The predicted octanol–water partition coefficient (Wildman–Crippen LogP) is 3.19. The maximum atomic E-state index is 12.0. The number of carbonyl (C=O) groups excluding carboxylic acids is 1. The molecule has 1 aromatic heterocycles. The van der Waals surface area contributed by atoms with Gasteiger partial charge in [0.25, 0.3) is 0 Å². The summed E-state index contributed by atoms with van der Waals surface area (Å²) in [5.74, 6) is 0.0296. The summed E-state index contributed by atoms with van der Waals surface area (Å²) in [7, 11) is 0. The third-order valence-electron chi connectivity index (χ3n) is 3.19. The molecule has 0 saturated heterocycles. The van der Waals surface area contributed by atoms with E-state index < -0.39 is 0 Å². The molecular formula is C13H23N3OS. The zero-order chi connectivity index (χ0) is 13.8. The van der Waals surface area contributed by atoms with E-state index in [-0.39, 0.29) is 17.4 Å². The van der Waals surface area contributed by atoms with Crippen molar-refractivity contribution in [2.45, 2.75) is 47.1 Å². The number of rotatable bonds is 6. The number of nitrogens with one attached hydrogen (secondary N) is 2. The Balaban J connectivity index is 2.67. The monoisotopic (exact) mass is 269 g/mol. The molecule has 0 spiro atoms. The molecule has 2 N–H and O–H groups in total. The molecule has 0 saturated carbocycles. The standard InChI is InChI=1S/C13H23N3OS/c1-6-13(4,5)11(17)16-12-15-10(8-18-12)9(3)14-7-2/h8-9,14H,6-7H2,1-5H3,(H,15,16,17). The number of amides is 1. The second-order valence-corrected chi connectivity index (χ2v) is 5.91. The summed E-state index contributed by atoms with van der Waals surface area (Å²) in [4.78, 5) is 16.5. The Labute approximate surface area is 113 Å². The van der Waals surface area contributed by atoms with Crippen molar-refractivity contribution in [2.75, 3.05) is 11.9 Å². The van der Waals surface area contributed by atoms with Crippen molar-refractivity contribution in [1.29, 1.82) is 0 Å². The highest BCUT2D eigenvalue weighted by atomic mass is 32.1. The number of thiazole rings is 1. The molecule has 0 aromatic carbocycles. The van der Waals surface area contributed by atoms with Gasteiger partial charge in [-0.3, -0.25) is 4.79 Å². The third kappa shape index (κ3) is 3.78. The Morgan fingerprint density at radius 2 is 2.17 bits per heavy atom. The van der Waals surface area contributed by atoms with E-state index in [2.05, 4.69) is 29.5 Å². The van der Waals surface area contributed by atoms with Crippen LogP contribution in [0.15, 0.2) is 5.38 Å². The molecule has 18 heavy (non-hydrogen) atoms. The fraction of sp³-hybridized carbons (Fsp3) is 0.692. The summed E-state index contributed by atoms with van der Waals surface area (Å²) in [5, 5.41) is 8.86. The molecule has 0 aliphatic heterocycles. The summed E-state index contributed by atoms with van der Waals surface area (Å²) in [5.41, 5.74) is 0.630. The van der Waals surface area contributed by atoms with E-state index >= 15 is 0 Å². The molecule has 1 atom stereocenters. The van der Waals surface area contributed by atoms with E-state index in [9.17, 15) is 4.79 Å². The Morgan fingerprint density at radius 1 is 1.50 bits per heavy atom. The first kappa shape index (κ1) is 15.1. The minimum Gasteiger partial charge on any atom is -0.309 e. The van der Waals surface area contributed by atoms with E-state index in [0.717, 1.165) is 18.7 Å². The van der Waals surface area contributed by atoms with Gasteiger partial charge in [0.15, 0.2) is 5.13 Å². The van der Waals surface area contributed by atoms with E-state index in [4.69, 9.17) is 0 Å². The maximum Gasteiger partial charge on any atom is 0.231 e. The second-order valence-electron chi connectivity index (χ2n) is 5.05. The first-order valence-corrected chi connectivity index (χ1v) is 7.29. The van der Waals surface area contributed by atoms with Gasteiger partial charge in [0, 0.05) is 16.8 Å². The molecule has 1 aromatic rings. The predicted molar refractivity (Wildman–Crippen MR) is 76.9 cm³/mol. The number of nitrogens with zero attached hydrogens (tertiary/aromatic N) is 1. The van der Waals surface area contributed by atoms with Gasteiger partial charge in [0.1, 0.15) is 0 Å². The van der Waals surface area contributed by atoms with Gasteiger partial charge in [-0.15, -0.1) is 11.3 Å². The van der Waals surface area contributed by atoms with Crippen LogP contribution in [0.4, 0.5) is 5.13 Å². The van der Waals surface area contributed by atoms with E-state index in [1.54, 1.807) is 0 Å². The molecule has 0 fully saturated rings. The molecule has 1 unspecified atom stereocenters. The van der Waals surface area contributed by atoms with Gasteiger partial charge < -0.3 is 10.6 Å². The number of anilines is 1. The lowest BCUT2D eigenvalue weighted by molar-refractivity contribution is -0.124. The molecule has 0 aliphatic carbocycles. The summed E-state index contributed by atoms with van der Waals surface area (Å²) in [6, 6.07) is 0.219. The van der Waals surface area contributed by atoms with E-state index in [1.165, 1.54) is 11.3 Å². The third-order valence-corrected chi connectivity index (χ3v) is 3.97. The molecule has 1 heterocycles. The molecule has 0 bridgehead atoms. The number of hydrogen-bond donors (Lipinski definition) is 2. The average molecular weight is 269 g/mol. The Morgan fingerprint density at radius 3 is 2.72 bits per heavy atom. The molecule has 0 aliphatic rings. The van der Waals surface area contributed by atoms with Gasteiger partial charge in [-0.05, 0) is 19.9 Å². The van der Waals surface area contributed by atoms with E-state index in [1.807, 2.05) is 26.2 Å². The number of aromatic nitrogens is 1. The van der Waals surface area contributed by atoms with Crippen LogP contribution in [0.1, 0.15) is 52.8 Å². The van der Waals surface area contributed by atoms with Crippen LogP contribution < -0.4 is 10.6 Å². The molecule has 102 valence electrons. The smallest absolute Gasteiger partial charge is 0.231 e. The van der Waals surface area contributed by atoms with Crippen molar-refractivity contribution < 1.29 is 4.79 Å². The van der Waals surface area contributed by atoms with Crippen LogP contribution in [0.5, 0.6) is 0 Å². The van der Waals surface area contributed by atoms with Crippen LogP contribution in [0, 0.1) is 5.41 Å². The zero-order valence-corrected chi connectivity index (χ0v) is 12.6. The Hall–Kier alpha value is -0.940. The summed E-state index contributed by atoms with van der Waals surface area (Å²) in [6.07, 6.45) is 0.810. The summed E-state index contributed by atoms with van der Waals surface area (Å²) in [6.45, 7) is 10.9. The molecule has 4 nitrogen and oxygen atoms in total. The topological polar surface area (TPSA) is 54.0 Å². The van der Waals surface area contributed by atoms with Gasteiger partial charge >= 0.3 is 0 Å². The van der Waals surface area contributed by atoms with Crippen LogP contribution in [0.2, 0.25) is 0 Å². The maximum absolute atomic E-state index is 12.0. The van der Waals surface area contributed by atoms with Gasteiger partial charge in [-0.25, -0.2) is 4.98 Å². The van der Waals surface area contributed by atoms with Crippen LogP contribution in [0.3, 0.4) is 0 Å². The fourth-order valence-corrected chi connectivity index (χ4v) is 2.18. The van der Waals surface area contributed by atoms with Crippen molar-refractivity contribution in [2.24, 2.45) is 5.41 Å². The first-order chi connectivity index (χ1) is 8.40. The number of hydrogen-bond acceptors (Lipinski definition) is 4. The lowest BCUT2D eigenvalue weighted by Crippen LogP contribution is -2.30. The lowest BCUT2D eigenvalue weighted by atomic mass is 9.89. The molecule has 0 radical (unpaired) electrons. The van der Waals surface area contributed by atoms with Gasteiger partial charge in [0.05, 0.1) is 5.69 Å². The normalized spacial score (nSPS) is 13.4. The minimum atomic E-state index is -0.348. The lowest BCUT2D eigenvalue weighted by Gasteiger charge is -2.20. The molecule has 5 heteroatoms. The Kier molecular flexibility index (Phi) is 5.28. The van der Waals surface area contributed by atoms with Gasteiger partial charge in [-0.1, -0.05) is 27.7 Å². The second kappa shape index (κ2) is 6.29. The van der Waals surface area contributed by atoms with Crippen molar-refractivity contribution in [3.63, 3.8) is 0 Å². The largest absolute Gasteiger partial charge is 0.309 e. The summed E-state index contributed by atoms with van der Waals surface area (Å²) < 4.78 is 0. The SMILES string of the molecule is CCNC(C)c1csc(NC(=O)C(C)(C)CC)n1. The minimum absolute atomic E-state index is 0.0296. The highest BCUT2D eigenvalue weighted by Crippen LogP contribution is 2.25. The quantitative estimate of drug-likeness (QED) is 0.834. The highest BCUT2D eigenvalue weighted by molar-refractivity contribution is 7.13. The van der Waals surface area contributed by atoms with Crippen LogP contribution in [-0.2, 0) is 4.79 Å². The summed E-state index contributed by atoms with van der Waals surface area (Å²) >= 11 is 1.48. The average Bonchev–Trinajstić information content (AvgIpc) is 2.78. The van der Waals surface area contributed by atoms with Crippen molar-refractivity contribution >= 4 is 22.4 Å². The van der Waals surface area contributed by atoms with E-state index in [0.29, 0.717) is 5.13 Å². The van der Waals surface area contributed by atoms with Crippen LogP contribution in [-0.4, -0.2) is 17.4 Å². The first-order valence-electron chi connectivity index (χ1n) is 6.41. The van der Waals surface area contributed by atoms with Crippen LogP contribution >= 0.6 is 11.3 Å². The van der Waals surface area contributed by atoms with Crippen molar-refractivity contribution in [3.05, 3.63) is 11.1 Å².